The van der Waals surface area contributed by atoms with Crippen molar-refractivity contribution in [2.45, 2.75) is 6.04 Å². The maximum absolute atomic E-state index is 11.5. The number of non-ortho nitro benzene ring substituents is 1. The molecule has 8 nitrogen and oxygen atoms in total. The normalized spacial score (nSPS) is 12.2. The SMILES string of the molecule is O=C(O)C(N=Nc1nc(-c2ccc(Cl)c(Cl)c2)cs1)c1cccc([N+](=O)[O-])c1. The number of carbonyl (C=O) groups is 1. The number of halogens is 2. The fourth-order valence-corrected chi connectivity index (χ4v) is 3.22. The smallest absolute Gasteiger partial charge is 0.335 e. The number of hydrogen-bond acceptors (Lipinski definition) is 7. The minimum Gasteiger partial charge on any atom is -0.479 e. The highest BCUT2D eigenvalue weighted by molar-refractivity contribution is 7.13. The van der Waals surface area contributed by atoms with E-state index in [0.717, 1.165) is 23.0 Å². The molecule has 1 atom stereocenters. The number of nitro benzene ring substituents is 1. The van der Waals surface area contributed by atoms with Gasteiger partial charge in [-0.1, -0.05) is 41.4 Å². The van der Waals surface area contributed by atoms with E-state index >= 15 is 0 Å². The number of aromatic nitrogens is 1. The topological polar surface area (TPSA) is 118 Å². The Balaban J connectivity index is 1.86. The van der Waals surface area contributed by atoms with Gasteiger partial charge in [0.2, 0.25) is 5.13 Å². The molecular weight excluding hydrogens is 427 g/mol. The first-order valence-electron chi connectivity index (χ1n) is 7.64. The third-order valence-electron chi connectivity index (χ3n) is 3.60. The molecule has 3 aromatic rings. The number of thiazole rings is 1. The number of nitrogens with zero attached hydrogens (tertiary/aromatic N) is 4. The summed E-state index contributed by atoms with van der Waals surface area (Å²) in [6, 6.07) is 8.90. The predicted octanol–water partition coefficient (Wildman–Crippen LogP) is 5.93. The zero-order valence-corrected chi connectivity index (χ0v) is 16.1. The summed E-state index contributed by atoms with van der Waals surface area (Å²) in [5, 5.41) is 30.7. The molecule has 3 rings (SSSR count). The molecular formula is C17H10Cl2N4O4S. The maximum atomic E-state index is 11.5. The van der Waals surface area contributed by atoms with E-state index in [1.165, 1.54) is 18.2 Å². The number of aliphatic carboxylic acids is 1. The average Bonchev–Trinajstić information content (AvgIpc) is 3.13. The average molecular weight is 437 g/mol. The number of azo groups is 1. The lowest BCUT2D eigenvalue weighted by atomic mass is 10.1. The molecule has 1 heterocycles. The van der Waals surface area contributed by atoms with Crippen molar-refractivity contribution < 1.29 is 14.8 Å². The number of nitro groups is 1. The first-order chi connectivity index (χ1) is 13.3. The van der Waals surface area contributed by atoms with Crippen LogP contribution in [0.15, 0.2) is 58.1 Å². The fraction of sp³-hybridized carbons (Fsp3) is 0.0588. The third kappa shape index (κ3) is 4.50. The summed E-state index contributed by atoms with van der Waals surface area (Å²) in [5.74, 6) is -1.29. The largest absolute Gasteiger partial charge is 0.479 e. The van der Waals surface area contributed by atoms with Gasteiger partial charge in [-0.05, 0) is 17.7 Å². The molecule has 11 heteroatoms. The Labute approximate surface area is 172 Å². The van der Waals surface area contributed by atoms with Gasteiger partial charge in [0, 0.05) is 23.1 Å². The minimum atomic E-state index is -1.39. The molecule has 0 saturated heterocycles. The lowest BCUT2D eigenvalue weighted by molar-refractivity contribution is -0.384. The summed E-state index contributed by atoms with van der Waals surface area (Å²) in [6.45, 7) is 0. The summed E-state index contributed by atoms with van der Waals surface area (Å²) in [7, 11) is 0. The molecule has 1 unspecified atom stereocenters. The predicted molar refractivity (Wildman–Crippen MR) is 106 cm³/mol. The molecule has 0 radical (unpaired) electrons. The lowest BCUT2D eigenvalue weighted by Crippen LogP contribution is -2.08. The highest BCUT2D eigenvalue weighted by atomic mass is 35.5. The fourth-order valence-electron chi connectivity index (χ4n) is 2.27. The lowest BCUT2D eigenvalue weighted by Gasteiger charge is -2.05. The molecule has 2 aromatic carbocycles. The van der Waals surface area contributed by atoms with Crippen molar-refractivity contribution in [3.8, 4) is 11.3 Å². The van der Waals surface area contributed by atoms with Crippen LogP contribution < -0.4 is 0 Å². The van der Waals surface area contributed by atoms with Crippen LogP contribution in [0.2, 0.25) is 10.0 Å². The van der Waals surface area contributed by atoms with Crippen LogP contribution in [-0.4, -0.2) is 21.0 Å². The quantitative estimate of drug-likeness (QED) is 0.291. The molecule has 28 heavy (non-hydrogen) atoms. The van der Waals surface area contributed by atoms with E-state index in [-0.39, 0.29) is 16.4 Å². The zero-order valence-electron chi connectivity index (χ0n) is 13.8. The monoisotopic (exact) mass is 436 g/mol. The van der Waals surface area contributed by atoms with Crippen molar-refractivity contribution in [1.29, 1.82) is 0 Å². The van der Waals surface area contributed by atoms with E-state index in [0.29, 0.717) is 15.7 Å². The van der Waals surface area contributed by atoms with Gasteiger partial charge in [-0.2, -0.15) is 5.11 Å². The molecule has 142 valence electrons. The molecule has 0 fully saturated rings. The summed E-state index contributed by atoms with van der Waals surface area (Å²) in [5.41, 5.74) is 1.22. The van der Waals surface area contributed by atoms with E-state index in [1.54, 1.807) is 23.6 Å². The van der Waals surface area contributed by atoms with Crippen molar-refractivity contribution in [2.75, 3.05) is 0 Å². The standard InChI is InChI=1S/C17H10Cl2N4O4S/c18-12-5-4-9(7-13(12)19)14-8-28-17(20-14)22-21-15(16(24)25)10-2-1-3-11(6-10)23(26)27/h1-8,15H,(H,24,25). The first-order valence-corrected chi connectivity index (χ1v) is 9.27. The van der Waals surface area contributed by atoms with Crippen LogP contribution in [-0.2, 0) is 4.79 Å². The van der Waals surface area contributed by atoms with Crippen LogP contribution in [0.1, 0.15) is 11.6 Å². The van der Waals surface area contributed by atoms with Crippen LogP contribution in [0.5, 0.6) is 0 Å². The van der Waals surface area contributed by atoms with Crippen molar-refractivity contribution in [1.82, 2.24) is 4.98 Å². The Morgan fingerprint density at radius 3 is 2.68 bits per heavy atom. The van der Waals surface area contributed by atoms with Gasteiger partial charge in [0.05, 0.1) is 20.7 Å². The number of carboxylic acid groups (broad SMARTS) is 1. The number of hydrogen-bond donors (Lipinski definition) is 1. The number of carboxylic acids is 1. The number of rotatable bonds is 6. The molecule has 0 amide bonds. The number of benzene rings is 2. The van der Waals surface area contributed by atoms with Gasteiger partial charge in [0.25, 0.3) is 5.69 Å². The molecule has 0 bridgehead atoms. The molecule has 0 aliphatic heterocycles. The Hall–Kier alpha value is -2.88. The molecule has 1 aromatic heterocycles. The zero-order chi connectivity index (χ0) is 20.3. The summed E-state index contributed by atoms with van der Waals surface area (Å²) in [4.78, 5) is 26.1. The Kier molecular flexibility index (Phi) is 5.98. The van der Waals surface area contributed by atoms with Crippen LogP contribution in [0.4, 0.5) is 10.8 Å². The van der Waals surface area contributed by atoms with Gasteiger partial charge in [0.1, 0.15) is 0 Å². The van der Waals surface area contributed by atoms with Crippen molar-refractivity contribution >= 4 is 51.3 Å². The van der Waals surface area contributed by atoms with E-state index in [9.17, 15) is 20.0 Å². The highest BCUT2D eigenvalue weighted by Crippen LogP contribution is 2.32. The van der Waals surface area contributed by atoms with Crippen molar-refractivity contribution in [3.05, 3.63) is 73.6 Å². The van der Waals surface area contributed by atoms with Crippen molar-refractivity contribution in [2.24, 2.45) is 10.2 Å². The summed E-state index contributed by atoms with van der Waals surface area (Å²) in [6.07, 6.45) is 0. The van der Waals surface area contributed by atoms with E-state index < -0.39 is 16.9 Å². The highest BCUT2D eigenvalue weighted by Gasteiger charge is 2.21. The van der Waals surface area contributed by atoms with Gasteiger partial charge in [0.15, 0.2) is 6.04 Å². The second kappa shape index (κ2) is 8.42. The van der Waals surface area contributed by atoms with Crippen LogP contribution in [0.3, 0.4) is 0 Å². The summed E-state index contributed by atoms with van der Waals surface area (Å²) < 4.78 is 0. The van der Waals surface area contributed by atoms with Crippen molar-refractivity contribution in [3.63, 3.8) is 0 Å². The summed E-state index contributed by atoms with van der Waals surface area (Å²) >= 11 is 13.1. The minimum absolute atomic E-state index is 0.145. The molecule has 0 aliphatic rings. The Morgan fingerprint density at radius 2 is 2.00 bits per heavy atom. The van der Waals surface area contributed by atoms with Gasteiger partial charge in [-0.3, -0.25) is 10.1 Å². The van der Waals surface area contributed by atoms with E-state index in [2.05, 4.69) is 15.2 Å². The molecule has 0 saturated carbocycles. The second-order valence-corrected chi connectivity index (χ2v) is 7.10. The van der Waals surface area contributed by atoms with Gasteiger partial charge < -0.3 is 5.11 Å². The Bertz CT molecular complexity index is 1090. The molecule has 0 aliphatic carbocycles. The van der Waals surface area contributed by atoms with Crippen LogP contribution >= 0.6 is 34.5 Å². The van der Waals surface area contributed by atoms with E-state index in [1.807, 2.05) is 0 Å². The first kappa shape index (κ1) is 19.9. The van der Waals surface area contributed by atoms with Crippen LogP contribution in [0, 0.1) is 10.1 Å². The van der Waals surface area contributed by atoms with E-state index in [4.69, 9.17) is 23.2 Å². The van der Waals surface area contributed by atoms with Gasteiger partial charge >= 0.3 is 5.97 Å². The molecule has 1 N–H and O–H groups in total. The van der Waals surface area contributed by atoms with Crippen LogP contribution in [0.25, 0.3) is 11.3 Å². The van der Waals surface area contributed by atoms with Gasteiger partial charge in [-0.25, -0.2) is 9.78 Å². The third-order valence-corrected chi connectivity index (χ3v) is 5.06. The molecule has 0 spiro atoms. The Morgan fingerprint density at radius 1 is 1.21 bits per heavy atom. The maximum Gasteiger partial charge on any atom is 0.335 e. The second-order valence-electron chi connectivity index (χ2n) is 5.45. The van der Waals surface area contributed by atoms with Gasteiger partial charge in [-0.15, -0.1) is 16.5 Å².